The van der Waals surface area contributed by atoms with Gasteiger partial charge in [-0.3, -0.25) is 4.79 Å². The highest BCUT2D eigenvalue weighted by atomic mass is 79.9. The molecule has 0 atom stereocenters. The number of hydrogen-bond acceptors (Lipinski definition) is 3. The number of hydrogen-bond donors (Lipinski definition) is 0. The molecule has 0 fully saturated rings. The van der Waals surface area contributed by atoms with Gasteiger partial charge in [-0.05, 0) is 36.7 Å². The Morgan fingerprint density at radius 3 is 2.57 bits per heavy atom. The van der Waals surface area contributed by atoms with Crippen molar-refractivity contribution >= 4 is 33.0 Å². The molecular formula is C10H13BrO2S. The van der Waals surface area contributed by atoms with Crippen molar-refractivity contribution in [2.24, 2.45) is 0 Å². The predicted octanol–water partition coefficient (Wildman–Crippen LogP) is 3.51. The fourth-order valence-electron chi connectivity index (χ4n) is 0.840. The molecule has 0 aliphatic heterocycles. The van der Waals surface area contributed by atoms with Gasteiger partial charge in [0.25, 0.3) is 0 Å². The first-order valence-corrected chi connectivity index (χ1v) is 6.02. The summed E-state index contributed by atoms with van der Waals surface area (Å²) in [4.78, 5) is 11.6. The van der Waals surface area contributed by atoms with Crippen LogP contribution >= 0.6 is 27.3 Å². The van der Waals surface area contributed by atoms with Gasteiger partial charge in [0.2, 0.25) is 0 Å². The van der Waals surface area contributed by atoms with Crippen LogP contribution < -0.4 is 0 Å². The Hall–Kier alpha value is -0.190. The van der Waals surface area contributed by atoms with Crippen LogP contribution in [0.2, 0.25) is 0 Å². The molecule has 1 aromatic heterocycles. The topological polar surface area (TPSA) is 26.3 Å². The molecule has 14 heavy (non-hydrogen) atoms. The molecule has 78 valence electrons. The van der Waals surface area contributed by atoms with Crippen LogP contribution in [-0.2, 0) is 4.74 Å². The lowest BCUT2D eigenvalue weighted by molar-refractivity contribution is 0.00305. The average Bonchev–Trinajstić information content (AvgIpc) is 2.46. The van der Waals surface area contributed by atoms with Gasteiger partial charge in [0.15, 0.2) is 5.78 Å². The molecule has 0 unspecified atom stereocenters. The molecule has 0 radical (unpaired) electrons. The zero-order valence-corrected chi connectivity index (χ0v) is 10.9. The molecule has 0 aliphatic rings. The molecule has 0 aliphatic carbocycles. The number of carbonyl (C=O) groups excluding carboxylic acids is 1. The van der Waals surface area contributed by atoms with Gasteiger partial charge in [-0.2, -0.15) is 11.3 Å². The lowest BCUT2D eigenvalue weighted by Crippen LogP contribution is -2.23. The second-order valence-corrected chi connectivity index (χ2v) is 5.56. The molecule has 4 heteroatoms. The van der Waals surface area contributed by atoms with E-state index < -0.39 is 0 Å². The van der Waals surface area contributed by atoms with E-state index in [1.165, 1.54) is 11.3 Å². The Labute approximate surface area is 96.4 Å². The summed E-state index contributed by atoms with van der Waals surface area (Å²) >= 11 is 4.83. The summed E-state index contributed by atoms with van der Waals surface area (Å²) in [6.45, 7) is 5.94. The van der Waals surface area contributed by atoms with E-state index in [1.54, 1.807) is 0 Å². The molecule has 1 rings (SSSR count). The SMILES string of the molecule is CC(C)(C)OCC(=O)c1cscc1Br. The number of thiophene rings is 1. The molecule has 1 heterocycles. The summed E-state index contributed by atoms with van der Waals surface area (Å²) in [5, 5.41) is 3.72. The van der Waals surface area contributed by atoms with Crippen LogP contribution in [0.15, 0.2) is 15.2 Å². The van der Waals surface area contributed by atoms with Crippen LogP contribution in [0.5, 0.6) is 0 Å². The maximum atomic E-state index is 11.6. The summed E-state index contributed by atoms with van der Waals surface area (Å²) in [5.41, 5.74) is 0.442. The normalized spacial score (nSPS) is 11.7. The van der Waals surface area contributed by atoms with E-state index in [0.717, 1.165) is 4.47 Å². The molecule has 2 nitrogen and oxygen atoms in total. The Balaban J connectivity index is 2.56. The quantitative estimate of drug-likeness (QED) is 0.790. The maximum absolute atomic E-state index is 11.6. The van der Waals surface area contributed by atoms with Crippen LogP contribution in [0.4, 0.5) is 0 Å². The summed E-state index contributed by atoms with van der Waals surface area (Å²) in [5.74, 6) is 0.0213. The third-order valence-corrected chi connectivity index (χ3v) is 3.25. The molecular weight excluding hydrogens is 264 g/mol. The van der Waals surface area contributed by atoms with Gasteiger partial charge in [0, 0.05) is 20.8 Å². The minimum atomic E-state index is -0.266. The Morgan fingerprint density at radius 2 is 2.14 bits per heavy atom. The average molecular weight is 277 g/mol. The standard InChI is InChI=1S/C10H13BrO2S/c1-10(2,3)13-4-9(12)7-5-14-6-8(7)11/h5-6H,4H2,1-3H3. The van der Waals surface area contributed by atoms with Crippen molar-refractivity contribution in [2.45, 2.75) is 26.4 Å². The highest BCUT2D eigenvalue weighted by Gasteiger charge is 2.16. The van der Waals surface area contributed by atoms with Crippen LogP contribution in [0, 0.1) is 0 Å². The van der Waals surface area contributed by atoms with Crippen molar-refractivity contribution < 1.29 is 9.53 Å². The Morgan fingerprint density at radius 1 is 1.50 bits per heavy atom. The van der Waals surface area contributed by atoms with Crippen molar-refractivity contribution in [1.29, 1.82) is 0 Å². The number of Topliss-reactive ketones (excluding diaryl/α,β-unsaturated/α-hetero) is 1. The Bertz CT molecular complexity index is 325. The summed E-state index contributed by atoms with van der Waals surface area (Å²) in [6.07, 6.45) is 0. The minimum absolute atomic E-state index is 0.0213. The molecule has 0 saturated carbocycles. The van der Waals surface area contributed by atoms with Gasteiger partial charge < -0.3 is 4.74 Å². The molecule has 0 N–H and O–H groups in total. The van der Waals surface area contributed by atoms with E-state index in [-0.39, 0.29) is 18.0 Å². The second-order valence-electron chi connectivity index (χ2n) is 3.96. The summed E-state index contributed by atoms with van der Waals surface area (Å²) < 4.78 is 6.26. The zero-order chi connectivity index (χ0) is 10.8. The van der Waals surface area contributed by atoms with Crippen molar-refractivity contribution in [3.63, 3.8) is 0 Å². The first-order valence-electron chi connectivity index (χ1n) is 4.29. The molecule has 0 saturated heterocycles. The maximum Gasteiger partial charge on any atom is 0.190 e. The lowest BCUT2D eigenvalue weighted by atomic mass is 10.2. The van der Waals surface area contributed by atoms with Gasteiger partial charge in [-0.15, -0.1) is 0 Å². The minimum Gasteiger partial charge on any atom is -0.368 e. The highest BCUT2D eigenvalue weighted by Crippen LogP contribution is 2.22. The first-order chi connectivity index (χ1) is 6.40. The van der Waals surface area contributed by atoms with Crippen LogP contribution in [0.1, 0.15) is 31.1 Å². The number of carbonyl (C=O) groups is 1. The van der Waals surface area contributed by atoms with E-state index in [2.05, 4.69) is 15.9 Å². The van der Waals surface area contributed by atoms with E-state index in [0.29, 0.717) is 5.56 Å². The third-order valence-electron chi connectivity index (χ3n) is 1.55. The van der Waals surface area contributed by atoms with Gasteiger partial charge in [-0.1, -0.05) is 0 Å². The van der Waals surface area contributed by atoms with E-state index in [1.807, 2.05) is 31.5 Å². The monoisotopic (exact) mass is 276 g/mol. The van der Waals surface area contributed by atoms with E-state index in [9.17, 15) is 4.79 Å². The molecule has 0 amide bonds. The fourth-order valence-corrected chi connectivity index (χ4v) is 2.36. The summed E-state index contributed by atoms with van der Waals surface area (Å²) in [6, 6.07) is 0. The van der Waals surface area contributed by atoms with Crippen LogP contribution in [0.25, 0.3) is 0 Å². The highest BCUT2D eigenvalue weighted by molar-refractivity contribution is 9.10. The number of ether oxygens (including phenoxy) is 1. The largest absolute Gasteiger partial charge is 0.368 e. The van der Waals surface area contributed by atoms with Crippen LogP contribution in [-0.4, -0.2) is 18.0 Å². The fraction of sp³-hybridized carbons (Fsp3) is 0.500. The molecule has 1 aromatic rings. The van der Waals surface area contributed by atoms with Gasteiger partial charge >= 0.3 is 0 Å². The van der Waals surface area contributed by atoms with E-state index in [4.69, 9.17) is 4.74 Å². The molecule has 0 bridgehead atoms. The van der Waals surface area contributed by atoms with Gasteiger partial charge in [0.05, 0.1) is 5.60 Å². The molecule has 0 spiro atoms. The lowest BCUT2D eigenvalue weighted by Gasteiger charge is -2.18. The Kier molecular flexibility index (Phi) is 3.86. The van der Waals surface area contributed by atoms with Crippen molar-refractivity contribution in [3.05, 3.63) is 20.8 Å². The molecule has 0 aromatic carbocycles. The predicted molar refractivity (Wildman–Crippen MR) is 62.1 cm³/mol. The second kappa shape index (κ2) is 4.55. The van der Waals surface area contributed by atoms with Crippen LogP contribution in [0.3, 0.4) is 0 Å². The number of ketones is 1. The first kappa shape index (κ1) is 11.9. The van der Waals surface area contributed by atoms with E-state index >= 15 is 0 Å². The zero-order valence-electron chi connectivity index (χ0n) is 8.46. The smallest absolute Gasteiger partial charge is 0.190 e. The number of rotatable bonds is 3. The number of halogens is 1. The van der Waals surface area contributed by atoms with Crippen molar-refractivity contribution in [3.8, 4) is 0 Å². The van der Waals surface area contributed by atoms with Crippen molar-refractivity contribution in [2.75, 3.05) is 6.61 Å². The van der Waals surface area contributed by atoms with Gasteiger partial charge in [0.1, 0.15) is 6.61 Å². The summed E-state index contributed by atoms with van der Waals surface area (Å²) in [7, 11) is 0. The third kappa shape index (κ3) is 3.52. The van der Waals surface area contributed by atoms with Crippen molar-refractivity contribution in [1.82, 2.24) is 0 Å². The van der Waals surface area contributed by atoms with Gasteiger partial charge in [-0.25, -0.2) is 0 Å².